The van der Waals surface area contributed by atoms with Gasteiger partial charge in [0.25, 0.3) is 0 Å². The number of aliphatic hydroxyl groups is 1. The first-order valence-corrected chi connectivity index (χ1v) is 8.53. The number of fused-ring (bicyclic) bond motifs is 1. The Labute approximate surface area is 148 Å². The smallest absolute Gasteiger partial charge is 0.190 e. The monoisotopic (exact) mass is 350 g/mol. The van der Waals surface area contributed by atoms with Crippen molar-refractivity contribution in [2.75, 3.05) is 13.2 Å². The summed E-state index contributed by atoms with van der Waals surface area (Å²) in [7, 11) is 0. The standard InChI is InChI=1S/C19H26O6/c1-4-10-21-12-14(20)15-16(22-11-13-8-6-5-7-9-13)17-18(23-15)25-19(2,3)24-17/h4-9,14-18,20H,1,10-12H2,2-3H3/t14-,15-,16-,17-,18-/m1/s1. The number of hydrogen-bond acceptors (Lipinski definition) is 6. The van der Waals surface area contributed by atoms with Crippen LogP contribution in [0.5, 0.6) is 0 Å². The molecule has 1 aromatic carbocycles. The molecule has 3 rings (SSSR count). The van der Waals surface area contributed by atoms with Crippen LogP contribution in [0.2, 0.25) is 0 Å². The largest absolute Gasteiger partial charge is 0.388 e. The Morgan fingerprint density at radius 1 is 1.28 bits per heavy atom. The fraction of sp³-hybridized carbons (Fsp3) is 0.579. The maximum absolute atomic E-state index is 10.5. The first kappa shape index (κ1) is 18.5. The maximum atomic E-state index is 10.5. The lowest BCUT2D eigenvalue weighted by molar-refractivity contribution is -0.233. The first-order valence-electron chi connectivity index (χ1n) is 8.53. The van der Waals surface area contributed by atoms with Gasteiger partial charge in [0, 0.05) is 0 Å². The van der Waals surface area contributed by atoms with Crippen molar-refractivity contribution in [3.05, 3.63) is 48.6 Å². The van der Waals surface area contributed by atoms with Gasteiger partial charge >= 0.3 is 0 Å². The molecule has 2 aliphatic heterocycles. The van der Waals surface area contributed by atoms with Gasteiger partial charge in [-0.25, -0.2) is 0 Å². The maximum Gasteiger partial charge on any atom is 0.190 e. The SMILES string of the molecule is C=CCOC[C@@H](O)[C@H]1O[C@@H]2OC(C)(C)O[C@@H]2[C@@H]1OCc1ccccc1. The van der Waals surface area contributed by atoms with Crippen molar-refractivity contribution in [3.8, 4) is 0 Å². The lowest BCUT2D eigenvalue weighted by atomic mass is 10.1. The van der Waals surface area contributed by atoms with Crippen molar-refractivity contribution < 1.29 is 28.8 Å². The molecule has 1 N–H and O–H groups in total. The van der Waals surface area contributed by atoms with E-state index in [0.29, 0.717) is 13.2 Å². The third-order valence-corrected chi connectivity index (χ3v) is 4.22. The quantitative estimate of drug-likeness (QED) is 0.571. The highest BCUT2D eigenvalue weighted by Crippen LogP contribution is 2.40. The lowest BCUT2D eigenvalue weighted by Crippen LogP contribution is -2.44. The van der Waals surface area contributed by atoms with Crippen molar-refractivity contribution in [3.63, 3.8) is 0 Å². The summed E-state index contributed by atoms with van der Waals surface area (Å²) in [4.78, 5) is 0. The van der Waals surface area contributed by atoms with Crippen molar-refractivity contribution in [2.45, 2.75) is 56.9 Å². The van der Waals surface area contributed by atoms with Crippen LogP contribution in [0.25, 0.3) is 0 Å². The van der Waals surface area contributed by atoms with Gasteiger partial charge in [-0.3, -0.25) is 0 Å². The summed E-state index contributed by atoms with van der Waals surface area (Å²) >= 11 is 0. The second-order valence-electron chi connectivity index (χ2n) is 6.72. The molecule has 6 heteroatoms. The second kappa shape index (κ2) is 7.95. The average Bonchev–Trinajstić information content (AvgIpc) is 3.06. The van der Waals surface area contributed by atoms with E-state index in [1.54, 1.807) is 6.08 Å². The predicted molar refractivity (Wildman–Crippen MR) is 90.7 cm³/mol. The molecule has 0 unspecified atom stereocenters. The van der Waals surface area contributed by atoms with Gasteiger partial charge in [0.1, 0.15) is 24.4 Å². The lowest BCUT2D eigenvalue weighted by Gasteiger charge is -2.28. The van der Waals surface area contributed by atoms with Crippen LogP contribution >= 0.6 is 0 Å². The summed E-state index contributed by atoms with van der Waals surface area (Å²) in [5.41, 5.74) is 1.04. The van der Waals surface area contributed by atoms with E-state index >= 15 is 0 Å². The topological polar surface area (TPSA) is 66.4 Å². The van der Waals surface area contributed by atoms with Crippen LogP contribution in [0.1, 0.15) is 19.4 Å². The molecule has 2 aliphatic rings. The minimum Gasteiger partial charge on any atom is -0.388 e. The van der Waals surface area contributed by atoms with Gasteiger partial charge in [0.05, 0.1) is 19.8 Å². The molecular weight excluding hydrogens is 324 g/mol. The normalized spacial score (nSPS) is 31.6. The minimum atomic E-state index is -0.846. The van der Waals surface area contributed by atoms with Crippen molar-refractivity contribution >= 4 is 0 Å². The molecule has 0 spiro atoms. The van der Waals surface area contributed by atoms with Gasteiger partial charge in [-0.05, 0) is 19.4 Å². The van der Waals surface area contributed by atoms with Crippen LogP contribution in [0.15, 0.2) is 43.0 Å². The van der Waals surface area contributed by atoms with Crippen molar-refractivity contribution in [1.82, 2.24) is 0 Å². The van der Waals surface area contributed by atoms with Crippen LogP contribution in [-0.2, 0) is 30.3 Å². The Balaban J connectivity index is 1.67. The summed E-state index contributed by atoms with van der Waals surface area (Å²) in [6.45, 7) is 8.16. The van der Waals surface area contributed by atoms with Crippen LogP contribution in [-0.4, -0.2) is 54.8 Å². The van der Waals surface area contributed by atoms with Gasteiger partial charge in [0.15, 0.2) is 12.1 Å². The molecule has 1 aromatic rings. The van der Waals surface area contributed by atoms with Gasteiger partial charge in [-0.1, -0.05) is 36.4 Å². The average molecular weight is 350 g/mol. The molecule has 0 aromatic heterocycles. The van der Waals surface area contributed by atoms with E-state index < -0.39 is 36.5 Å². The summed E-state index contributed by atoms with van der Waals surface area (Å²) in [5.74, 6) is -0.737. The number of aliphatic hydroxyl groups excluding tert-OH is 1. The number of ether oxygens (including phenoxy) is 5. The third-order valence-electron chi connectivity index (χ3n) is 4.22. The molecule has 138 valence electrons. The van der Waals surface area contributed by atoms with Crippen molar-refractivity contribution in [1.29, 1.82) is 0 Å². The molecule has 0 radical (unpaired) electrons. The Morgan fingerprint density at radius 3 is 2.76 bits per heavy atom. The zero-order valence-corrected chi connectivity index (χ0v) is 14.7. The van der Waals surface area contributed by atoms with E-state index in [9.17, 15) is 5.11 Å². The Hall–Kier alpha value is -1.28. The van der Waals surface area contributed by atoms with Crippen LogP contribution < -0.4 is 0 Å². The van der Waals surface area contributed by atoms with E-state index in [1.807, 2.05) is 44.2 Å². The molecule has 0 amide bonds. The van der Waals surface area contributed by atoms with E-state index in [1.165, 1.54) is 0 Å². The van der Waals surface area contributed by atoms with Gasteiger partial charge in [0.2, 0.25) is 0 Å². The molecule has 0 saturated carbocycles. The summed E-state index contributed by atoms with van der Waals surface area (Å²) < 4.78 is 29.0. The third kappa shape index (κ3) is 4.47. The van der Waals surface area contributed by atoms with Crippen LogP contribution in [0.4, 0.5) is 0 Å². The molecule has 6 nitrogen and oxygen atoms in total. The fourth-order valence-electron chi connectivity index (χ4n) is 3.14. The number of benzene rings is 1. The van der Waals surface area contributed by atoms with E-state index in [0.717, 1.165) is 5.56 Å². The molecule has 2 saturated heterocycles. The second-order valence-corrected chi connectivity index (χ2v) is 6.72. The zero-order valence-electron chi connectivity index (χ0n) is 14.7. The first-order chi connectivity index (χ1) is 12.0. The van der Waals surface area contributed by atoms with Gasteiger partial charge in [-0.15, -0.1) is 6.58 Å². The fourth-order valence-corrected chi connectivity index (χ4v) is 3.14. The molecule has 5 atom stereocenters. The Morgan fingerprint density at radius 2 is 2.04 bits per heavy atom. The van der Waals surface area contributed by atoms with Crippen molar-refractivity contribution in [2.24, 2.45) is 0 Å². The summed E-state index contributed by atoms with van der Waals surface area (Å²) in [6.07, 6.45) is -1.20. The molecule has 2 fully saturated rings. The van der Waals surface area contributed by atoms with Crippen LogP contribution in [0, 0.1) is 0 Å². The highest BCUT2D eigenvalue weighted by molar-refractivity contribution is 5.13. The summed E-state index contributed by atoms with van der Waals surface area (Å²) in [5, 5.41) is 10.5. The highest BCUT2D eigenvalue weighted by Gasteiger charge is 2.57. The number of rotatable bonds is 8. The van der Waals surface area contributed by atoms with E-state index in [4.69, 9.17) is 23.7 Å². The molecule has 0 bridgehead atoms. The molecule has 2 heterocycles. The van der Waals surface area contributed by atoms with Gasteiger partial charge < -0.3 is 28.8 Å². The van der Waals surface area contributed by atoms with Gasteiger partial charge in [-0.2, -0.15) is 0 Å². The van der Waals surface area contributed by atoms with Crippen LogP contribution in [0.3, 0.4) is 0 Å². The Bertz CT molecular complexity index is 560. The number of hydrogen-bond donors (Lipinski definition) is 1. The molecular formula is C19H26O6. The molecule has 25 heavy (non-hydrogen) atoms. The zero-order chi connectivity index (χ0) is 17.9. The Kier molecular flexibility index (Phi) is 5.89. The minimum absolute atomic E-state index is 0.130. The summed E-state index contributed by atoms with van der Waals surface area (Å²) in [6, 6.07) is 9.85. The van der Waals surface area contributed by atoms with E-state index in [-0.39, 0.29) is 6.61 Å². The molecule has 0 aliphatic carbocycles. The predicted octanol–water partition coefficient (Wildman–Crippen LogP) is 2.01. The highest BCUT2D eigenvalue weighted by atomic mass is 16.8. The van der Waals surface area contributed by atoms with E-state index in [2.05, 4.69) is 6.58 Å².